The van der Waals surface area contributed by atoms with E-state index in [1.54, 1.807) is 24.3 Å². The molecule has 0 saturated carbocycles. The fourth-order valence-corrected chi connectivity index (χ4v) is 3.02. The number of benzene rings is 3. The Labute approximate surface area is 140 Å². The van der Waals surface area contributed by atoms with Crippen molar-refractivity contribution in [3.8, 4) is 28.4 Å². The van der Waals surface area contributed by atoms with Gasteiger partial charge in [0.15, 0.2) is 0 Å². The molecule has 0 bridgehead atoms. The van der Waals surface area contributed by atoms with Crippen molar-refractivity contribution in [2.45, 2.75) is 6.04 Å². The molecule has 1 heterocycles. The lowest BCUT2D eigenvalue weighted by Crippen LogP contribution is -2.24. The first-order valence-electron chi connectivity index (χ1n) is 7.81. The highest BCUT2D eigenvalue weighted by Gasteiger charge is 2.23. The van der Waals surface area contributed by atoms with Crippen LogP contribution in [0.3, 0.4) is 0 Å². The van der Waals surface area contributed by atoms with Crippen LogP contribution in [0.5, 0.6) is 17.2 Å². The van der Waals surface area contributed by atoms with Gasteiger partial charge in [-0.1, -0.05) is 36.4 Å². The van der Waals surface area contributed by atoms with E-state index < -0.39 is 0 Å². The van der Waals surface area contributed by atoms with Crippen LogP contribution >= 0.6 is 0 Å². The van der Waals surface area contributed by atoms with Gasteiger partial charge in [-0.25, -0.2) is 0 Å². The number of phenols is 2. The highest BCUT2D eigenvalue weighted by molar-refractivity contribution is 5.79. The van der Waals surface area contributed by atoms with Crippen LogP contribution in [0.25, 0.3) is 11.1 Å². The van der Waals surface area contributed by atoms with Gasteiger partial charge in [0.2, 0.25) is 0 Å². The quantitative estimate of drug-likeness (QED) is 0.658. The Kier molecular flexibility index (Phi) is 3.50. The molecule has 4 heteroatoms. The molecule has 0 amide bonds. The van der Waals surface area contributed by atoms with Crippen LogP contribution < -0.4 is 10.1 Å². The fourth-order valence-electron chi connectivity index (χ4n) is 3.02. The van der Waals surface area contributed by atoms with Crippen LogP contribution in [0, 0.1) is 0 Å². The summed E-state index contributed by atoms with van der Waals surface area (Å²) in [6.45, 7) is 0.465. The molecule has 1 unspecified atom stereocenters. The van der Waals surface area contributed by atoms with Crippen LogP contribution in [0.2, 0.25) is 0 Å². The lowest BCUT2D eigenvalue weighted by Gasteiger charge is -2.29. The van der Waals surface area contributed by atoms with Crippen LogP contribution in [0.15, 0.2) is 66.7 Å². The molecule has 0 spiro atoms. The van der Waals surface area contributed by atoms with E-state index in [0.717, 1.165) is 28.1 Å². The van der Waals surface area contributed by atoms with Gasteiger partial charge >= 0.3 is 0 Å². The molecule has 3 N–H and O–H groups in total. The summed E-state index contributed by atoms with van der Waals surface area (Å²) in [5, 5.41) is 22.8. The number of fused-ring (bicyclic) bond motifs is 1. The summed E-state index contributed by atoms with van der Waals surface area (Å²) in [5.41, 5.74) is 3.72. The highest BCUT2D eigenvalue weighted by atomic mass is 16.5. The Balaban J connectivity index is 1.70. The molecule has 0 saturated heterocycles. The smallest absolute Gasteiger partial charge is 0.150 e. The van der Waals surface area contributed by atoms with Crippen LogP contribution in [0.4, 0.5) is 5.69 Å². The third-order valence-corrected chi connectivity index (χ3v) is 4.17. The molecule has 3 aromatic carbocycles. The van der Waals surface area contributed by atoms with Gasteiger partial charge in [0.25, 0.3) is 0 Å². The lowest BCUT2D eigenvalue weighted by molar-refractivity contribution is 0.287. The molecule has 4 rings (SSSR count). The first-order chi connectivity index (χ1) is 11.7. The zero-order valence-electron chi connectivity index (χ0n) is 12.9. The number of ether oxygens (including phenoxy) is 1. The summed E-state index contributed by atoms with van der Waals surface area (Å²) in [5.74, 6) is 1.25. The average molecular weight is 319 g/mol. The second kappa shape index (κ2) is 5.81. The van der Waals surface area contributed by atoms with E-state index >= 15 is 0 Å². The number of anilines is 1. The van der Waals surface area contributed by atoms with Gasteiger partial charge < -0.3 is 20.3 Å². The van der Waals surface area contributed by atoms with Crippen molar-refractivity contribution in [2.75, 3.05) is 11.9 Å². The molecule has 24 heavy (non-hydrogen) atoms. The van der Waals surface area contributed by atoms with Crippen molar-refractivity contribution < 1.29 is 14.9 Å². The van der Waals surface area contributed by atoms with Gasteiger partial charge in [-0.15, -0.1) is 0 Å². The van der Waals surface area contributed by atoms with E-state index in [0.29, 0.717) is 6.61 Å². The molecular formula is C20H17NO3. The van der Waals surface area contributed by atoms with Crippen molar-refractivity contribution in [1.29, 1.82) is 0 Å². The van der Waals surface area contributed by atoms with Gasteiger partial charge in [-0.2, -0.15) is 0 Å². The van der Waals surface area contributed by atoms with E-state index in [1.807, 2.05) is 42.5 Å². The monoisotopic (exact) mass is 319 g/mol. The first-order valence-corrected chi connectivity index (χ1v) is 7.81. The Morgan fingerprint density at radius 3 is 2.42 bits per heavy atom. The maximum absolute atomic E-state index is 9.72. The molecule has 120 valence electrons. The average Bonchev–Trinajstić information content (AvgIpc) is 2.61. The third kappa shape index (κ3) is 2.63. The zero-order valence-corrected chi connectivity index (χ0v) is 12.9. The molecule has 0 radical (unpaired) electrons. The number of hydrogen-bond donors (Lipinski definition) is 3. The number of rotatable bonds is 2. The van der Waals surface area contributed by atoms with Crippen molar-refractivity contribution in [3.05, 3.63) is 72.3 Å². The van der Waals surface area contributed by atoms with E-state index in [-0.39, 0.29) is 17.5 Å². The number of hydrogen-bond acceptors (Lipinski definition) is 4. The Bertz CT molecular complexity index is 892. The molecule has 1 aliphatic heterocycles. The SMILES string of the molecule is Oc1cccc(-c2cccc3c2OCC(c2cccc(O)c2)N3)c1. The number of aromatic hydroxyl groups is 2. The molecule has 4 nitrogen and oxygen atoms in total. The van der Waals surface area contributed by atoms with E-state index in [2.05, 4.69) is 5.32 Å². The topological polar surface area (TPSA) is 61.7 Å². The summed E-state index contributed by atoms with van der Waals surface area (Å²) in [7, 11) is 0. The van der Waals surface area contributed by atoms with E-state index in [9.17, 15) is 10.2 Å². The lowest BCUT2D eigenvalue weighted by atomic mass is 10.0. The minimum absolute atomic E-state index is 0.0240. The molecular weight excluding hydrogens is 302 g/mol. The fraction of sp³-hybridized carbons (Fsp3) is 0.100. The molecule has 3 aromatic rings. The van der Waals surface area contributed by atoms with Crippen molar-refractivity contribution >= 4 is 5.69 Å². The van der Waals surface area contributed by atoms with Gasteiger partial charge in [0.1, 0.15) is 23.9 Å². The van der Waals surface area contributed by atoms with Crippen LogP contribution in [0.1, 0.15) is 11.6 Å². The molecule has 0 fully saturated rings. The van der Waals surface area contributed by atoms with Gasteiger partial charge in [0, 0.05) is 5.56 Å². The van der Waals surface area contributed by atoms with Crippen LogP contribution in [-0.4, -0.2) is 16.8 Å². The minimum atomic E-state index is -0.0240. The van der Waals surface area contributed by atoms with Crippen LogP contribution in [-0.2, 0) is 0 Å². The third-order valence-electron chi connectivity index (χ3n) is 4.17. The zero-order chi connectivity index (χ0) is 16.5. The summed E-state index contributed by atoms with van der Waals surface area (Å²) < 4.78 is 6.03. The minimum Gasteiger partial charge on any atom is -0.508 e. The second-order valence-corrected chi connectivity index (χ2v) is 5.84. The Morgan fingerprint density at radius 2 is 1.62 bits per heavy atom. The predicted octanol–water partition coefficient (Wildman–Crippen LogP) is 4.31. The Hall–Kier alpha value is -3.14. The second-order valence-electron chi connectivity index (χ2n) is 5.84. The Morgan fingerprint density at radius 1 is 0.875 bits per heavy atom. The molecule has 0 aromatic heterocycles. The first kappa shape index (κ1) is 14.5. The van der Waals surface area contributed by atoms with Crippen molar-refractivity contribution in [1.82, 2.24) is 0 Å². The molecule has 1 atom stereocenters. The molecule has 1 aliphatic rings. The van der Waals surface area contributed by atoms with Gasteiger partial charge in [0.05, 0.1) is 11.7 Å². The summed E-state index contributed by atoms with van der Waals surface area (Å²) in [4.78, 5) is 0. The number of nitrogens with one attached hydrogen (secondary N) is 1. The summed E-state index contributed by atoms with van der Waals surface area (Å²) in [6.07, 6.45) is 0. The van der Waals surface area contributed by atoms with E-state index in [4.69, 9.17) is 4.74 Å². The number of phenolic OH excluding ortho intramolecular Hbond substituents is 2. The standard InChI is InChI=1S/C20H17NO3/c22-15-6-1-4-13(10-15)17-8-3-9-18-20(17)24-12-19(21-18)14-5-2-7-16(23)11-14/h1-11,19,21-23H,12H2. The van der Waals surface area contributed by atoms with Gasteiger partial charge in [-0.3, -0.25) is 0 Å². The molecule has 0 aliphatic carbocycles. The van der Waals surface area contributed by atoms with Crippen molar-refractivity contribution in [3.63, 3.8) is 0 Å². The largest absolute Gasteiger partial charge is 0.508 e. The summed E-state index contributed by atoms with van der Waals surface area (Å²) >= 11 is 0. The highest BCUT2D eigenvalue weighted by Crippen LogP contribution is 2.42. The maximum atomic E-state index is 9.72. The van der Waals surface area contributed by atoms with E-state index in [1.165, 1.54) is 0 Å². The maximum Gasteiger partial charge on any atom is 0.150 e. The normalized spacial score (nSPS) is 15.9. The number of para-hydroxylation sites is 1. The van der Waals surface area contributed by atoms with Crippen molar-refractivity contribution in [2.24, 2.45) is 0 Å². The van der Waals surface area contributed by atoms with Gasteiger partial charge in [-0.05, 0) is 41.5 Å². The summed E-state index contributed by atoms with van der Waals surface area (Å²) in [6, 6.07) is 20.2. The predicted molar refractivity (Wildman–Crippen MR) is 93.5 cm³/mol.